The number of ether oxygens (including phenoxy) is 1. The standard InChI is InChI=1S/C14H13FOS/c1-17-14-8-12(15)7-13(9-14)16-10-11-5-3-2-4-6-11/h2-9H,10H2,1H3. The highest BCUT2D eigenvalue weighted by Crippen LogP contribution is 2.23. The van der Waals surface area contributed by atoms with E-state index in [0.29, 0.717) is 12.4 Å². The second kappa shape index (κ2) is 5.73. The van der Waals surface area contributed by atoms with Gasteiger partial charge >= 0.3 is 0 Å². The zero-order chi connectivity index (χ0) is 12.1. The van der Waals surface area contributed by atoms with E-state index in [9.17, 15) is 4.39 Å². The van der Waals surface area contributed by atoms with E-state index in [-0.39, 0.29) is 5.82 Å². The average Bonchev–Trinajstić information content (AvgIpc) is 2.37. The highest BCUT2D eigenvalue weighted by atomic mass is 32.2. The Morgan fingerprint density at radius 2 is 1.88 bits per heavy atom. The van der Waals surface area contributed by atoms with E-state index in [1.54, 1.807) is 0 Å². The zero-order valence-electron chi connectivity index (χ0n) is 9.52. The minimum absolute atomic E-state index is 0.264. The molecule has 2 aromatic rings. The topological polar surface area (TPSA) is 9.23 Å². The Morgan fingerprint density at radius 3 is 2.59 bits per heavy atom. The third kappa shape index (κ3) is 3.49. The van der Waals surface area contributed by atoms with Gasteiger partial charge in [-0.25, -0.2) is 4.39 Å². The molecule has 0 saturated carbocycles. The molecule has 3 heteroatoms. The maximum atomic E-state index is 13.2. The third-order valence-electron chi connectivity index (χ3n) is 2.33. The minimum Gasteiger partial charge on any atom is -0.489 e. The molecule has 0 aliphatic rings. The van der Waals surface area contributed by atoms with E-state index in [0.717, 1.165) is 10.5 Å². The van der Waals surface area contributed by atoms with Gasteiger partial charge in [0, 0.05) is 11.0 Å². The summed E-state index contributed by atoms with van der Waals surface area (Å²) in [6, 6.07) is 14.6. The van der Waals surface area contributed by atoms with E-state index in [1.807, 2.05) is 42.7 Å². The molecule has 0 atom stereocenters. The lowest BCUT2D eigenvalue weighted by molar-refractivity contribution is 0.304. The quantitative estimate of drug-likeness (QED) is 0.752. The van der Waals surface area contributed by atoms with Gasteiger partial charge in [0.2, 0.25) is 0 Å². The Labute approximate surface area is 105 Å². The van der Waals surface area contributed by atoms with E-state index >= 15 is 0 Å². The second-order valence-electron chi connectivity index (χ2n) is 3.60. The molecule has 2 aromatic carbocycles. The van der Waals surface area contributed by atoms with Gasteiger partial charge in [0.1, 0.15) is 18.2 Å². The molecule has 1 nitrogen and oxygen atoms in total. The van der Waals surface area contributed by atoms with Crippen molar-refractivity contribution in [2.75, 3.05) is 6.26 Å². The van der Waals surface area contributed by atoms with Crippen molar-refractivity contribution in [3.05, 3.63) is 59.9 Å². The van der Waals surface area contributed by atoms with Gasteiger partial charge in [0.05, 0.1) is 0 Å². The summed E-state index contributed by atoms with van der Waals surface area (Å²) in [5.41, 5.74) is 1.07. The van der Waals surface area contributed by atoms with Gasteiger partial charge in [0.15, 0.2) is 0 Å². The van der Waals surface area contributed by atoms with E-state index in [1.165, 1.54) is 23.9 Å². The van der Waals surface area contributed by atoms with Crippen molar-refractivity contribution in [3.63, 3.8) is 0 Å². The first-order valence-corrected chi connectivity index (χ1v) is 6.52. The van der Waals surface area contributed by atoms with Crippen molar-refractivity contribution in [3.8, 4) is 5.75 Å². The van der Waals surface area contributed by atoms with Crippen LogP contribution in [-0.2, 0) is 6.61 Å². The summed E-state index contributed by atoms with van der Waals surface area (Å²) in [5, 5.41) is 0. The largest absolute Gasteiger partial charge is 0.489 e. The van der Waals surface area contributed by atoms with Crippen molar-refractivity contribution in [2.45, 2.75) is 11.5 Å². The zero-order valence-corrected chi connectivity index (χ0v) is 10.3. The molecule has 0 amide bonds. The fraction of sp³-hybridized carbons (Fsp3) is 0.143. The van der Waals surface area contributed by atoms with Crippen LogP contribution in [-0.4, -0.2) is 6.26 Å². The van der Waals surface area contributed by atoms with Crippen molar-refractivity contribution in [2.24, 2.45) is 0 Å². The summed E-state index contributed by atoms with van der Waals surface area (Å²) in [6.07, 6.45) is 1.91. The lowest BCUT2D eigenvalue weighted by atomic mass is 10.2. The number of thioether (sulfide) groups is 1. The van der Waals surface area contributed by atoms with Gasteiger partial charge in [-0.15, -0.1) is 11.8 Å². The third-order valence-corrected chi connectivity index (χ3v) is 3.04. The molecular formula is C14H13FOS. The van der Waals surface area contributed by atoms with Gasteiger partial charge in [-0.05, 0) is 24.0 Å². The van der Waals surface area contributed by atoms with Crippen molar-refractivity contribution in [1.29, 1.82) is 0 Å². The number of rotatable bonds is 4. The minimum atomic E-state index is -0.264. The monoisotopic (exact) mass is 248 g/mol. The summed E-state index contributed by atoms with van der Waals surface area (Å²) < 4.78 is 18.8. The normalized spacial score (nSPS) is 10.2. The van der Waals surface area contributed by atoms with Crippen LogP contribution >= 0.6 is 11.8 Å². The molecule has 2 rings (SSSR count). The molecule has 0 unspecified atom stereocenters. The maximum absolute atomic E-state index is 13.2. The number of benzene rings is 2. The first-order valence-electron chi connectivity index (χ1n) is 5.29. The molecule has 0 N–H and O–H groups in total. The second-order valence-corrected chi connectivity index (χ2v) is 4.48. The molecule has 0 saturated heterocycles. The van der Waals surface area contributed by atoms with Gasteiger partial charge in [0.25, 0.3) is 0 Å². The number of hydrogen-bond acceptors (Lipinski definition) is 2. The molecule has 0 aliphatic heterocycles. The predicted molar refractivity (Wildman–Crippen MR) is 69.0 cm³/mol. The van der Waals surface area contributed by atoms with Gasteiger partial charge in [-0.3, -0.25) is 0 Å². The Hall–Kier alpha value is -1.48. The summed E-state index contributed by atoms with van der Waals surface area (Å²) in [4.78, 5) is 0.869. The Morgan fingerprint density at radius 1 is 1.12 bits per heavy atom. The van der Waals surface area contributed by atoms with Crippen molar-refractivity contribution >= 4 is 11.8 Å². The van der Waals surface area contributed by atoms with Gasteiger partial charge in [-0.2, -0.15) is 0 Å². The fourth-order valence-electron chi connectivity index (χ4n) is 1.48. The summed E-state index contributed by atoms with van der Waals surface area (Å²) >= 11 is 1.50. The lowest BCUT2D eigenvalue weighted by Gasteiger charge is -2.07. The van der Waals surface area contributed by atoms with Crippen LogP contribution in [0.5, 0.6) is 5.75 Å². The summed E-state index contributed by atoms with van der Waals surface area (Å²) in [6.45, 7) is 0.456. The SMILES string of the molecule is CSc1cc(F)cc(OCc2ccccc2)c1. The summed E-state index contributed by atoms with van der Waals surface area (Å²) in [5.74, 6) is 0.304. The smallest absolute Gasteiger partial charge is 0.128 e. The van der Waals surface area contributed by atoms with E-state index < -0.39 is 0 Å². The molecule has 0 aliphatic carbocycles. The first-order chi connectivity index (χ1) is 8.28. The number of halogens is 1. The highest BCUT2D eigenvalue weighted by Gasteiger charge is 2.01. The van der Waals surface area contributed by atoms with Crippen LogP contribution in [0.15, 0.2) is 53.4 Å². The van der Waals surface area contributed by atoms with E-state index in [4.69, 9.17) is 4.74 Å². The van der Waals surface area contributed by atoms with Crippen LogP contribution in [0.25, 0.3) is 0 Å². The first kappa shape index (κ1) is 12.0. The molecule has 0 radical (unpaired) electrons. The maximum Gasteiger partial charge on any atom is 0.128 e. The fourth-order valence-corrected chi connectivity index (χ4v) is 1.94. The van der Waals surface area contributed by atoms with Gasteiger partial charge in [-0.1, -0.05) is 30.3 Å². The Bertz CT molecular complexity index is 485. The molecule has 88 valence electrons. The predicted octanol–water partition coefficient (Wildman–Crippen LogP) is 4.13. The van der Waals surface area contributed by atoms with Crippen LogP contribution in [0.4, 0.5) is 4.39 Å². The Kier molecular flexibility index (Phi) is 4.04. The van der Waals surface area contributed by atoms with Crippen LogP contribution in [0.3, 0.4) is 0 Å². The molecule has 0 aromatic heterocycles. The molecular weight excluding hydrogens is 235 g/mol. The van der Waals surface area contributed by atoms with Crippen LogP contribution in [0.1, 0.15) is 5.56 Å². The van der Waals surface area contributed by atoms with Crippen molar-refractivity contribution < 1.29 is 9.13 Å². The molecule has 0 spiro atoms. The lowest BCUT2D eigenvalue weighted by Crippen LogP contribution is -1.95. The molecule has 17 heavy (non-hydrogen) atoms. The van der Waals surface area contributed by atoms with Crippen molar-refractivity contribution in [1.82, 2.24) is 0 Å². The van der Waals surface area contributed by atoms with Crippen LogP contribution in [0, 0.1) is 5.82 Å². The molecule has 0 bridgehead atoms. The average molecular weight is 248 g/mol. The van der Waals surface area contributed by atoms with E-state index in [2.05, 4.69) is 0 Å². The molecule has 0 fully saturated rings. The van der Waals surface area contributed by atoms with Gasteiger partial charge < -0.3 is 4.74 Å². The highest BCUT2D eigenvalue weighted by molar-refractivity contribution is 7.98. The summed E-state index contributed by atoms with van der Waals surface area (Å²) in [7, 11) is 0. The Balaban J connectivity index is 2.06. The van der Waals surface area contributed by atoms with Crippen LogP contribution in [0.2, 0.25) is 0 Å². The number of hydrogen-bond donors (Lipinski definition) is 0. The van der Waals surface area contributed by atoms with Crippen LogP contribution < -0.4 is 4.74 Å². The molecule has 0 heterocycles.